The molecule has 1 heterocycles. The highest BCUT2D eigenvalue weighted by atomic mass is 16.6. The zero-order chi connectivity index (χ0) is 17.0. The standard InChI is InChI=1S/C15H15N3O5/c1-2-23-14(19)8-11-5-6-17(15(11)20)12-4-3-10(9-16)7-13(12)18(21)22/h3-4,7,11H,2,5-6,8H2,1H3. The van der Waals surface area contributed by atoms with Gasteiger partial charge in [-0.3, -0.25) is 19.7 Å². The van der Waals surface area contributed by atoms with E-state index in [1.165, 1.54) is 17.0 Å². The minimum Gasteiger partial charge on any atom is -0.466 e. The van der Waals surface area contributed by atoms with Crippen LogP contribution in [0.2, 0.25) is 0 Å². The van der Waals surface area contributed by atoms with E-state index in [-0.39, 0.29) is 42.4 Å². The molecule has 0 saturated carbocycles. The number of hydrogen-bond donors (Lipinski definition) is 0. The van der Waals surface area contributed by atoms with Gasteiger partial charge < -0.3 is 9.64 Å². The second-order valence-corrected chi connectivity index (χ2v) is 5.06. The highest BCUT2D eigenvalue weighted by Crippen LogP contribution is 2.34. The van der Waals surface area contributed by atoms with Gasteiger partial charge in [0.25, 0.3) is 5.69 Å². The fourth-order valence-electron chi connectivity index (χ4n) is 2.56. The zero-order valence-electron chi connectivity index (χ0n) is 12.5. The van der Waals surface area contributed by atoms with Gasteiger partial charge in [-0.2, -0.15) is 5.26 Å². The molecule has 1 saturated heterocycles. The van der Waals surface area contributed by atoms with Gasteiger partial charge in [-0.1, -0.05) is 0 Å². The molecule has 1 aromatic carbocycles. The molecule has 1 unspecified atom stereocenters. The smallest absolute Gasteiger partial charge is 0.306 e. The summed E-state index contributed by atoms with van der Waals surface area (Å²) in [6.07, 6.45) is 0.391. The van der Waals surface area contributed by atoms with Crippen molar-refractivity contribution in [1.82, 2.24) is 0 Å². The molecule has 0 aromatic heterocycles. The van der Waals surface area contributed by atoms with E-state index in [0.29, 0.717) is 6.42 Å². The van der Waals surface area contributed by atoms with Crippen LogP contribution in [0.4, 0.5) is 11.4 Å². The van der Waals surface area contributed by atoms with E-state index in [1.54, 1.807) is 6.92 Å². The van der Waals surface area contributed by atoms with E-state index in [0.717, 1.165) is 6.07 Å². The predicted octanol–water partition coefficient (Wildman–Crippen LogP) is 1.77. The summed E-state index contributed by atoms with van der Waals surface area (Å²) in [4.78, 5) is 35.8. The van der Waals surface area contributed by atoms with E-state index >= 15 is 0 Å². The van der Waals surface area contributed by atoms with Crippen LogP contribution in [0, 0.1) is 27.4 Å². The molecule has 1 fully saturated rings. The maximum absolute atomic E-state index is 12.4. The molecule has 1 aliphatic heterocycles. The molecular formula is C15H15N3O5. The van der Waals surface area contributed by atoms with Gasteiger partial charge in [-0.05, 0) is 25.5 Å². The first-order valence-electron chi connectivity index (χ1n) is 7.13. The van der Waals surface area contributed by atoms with Crippen molar-refractivity contribution in [3.8, 4) is 6.07 Å². The lowest BCUT2D eigenvalue weighted by Crippen LogP contribution is -2.28. The Morgan fingerprint density at radius 3 is 2.91 bits per heavy atom. The minimum atomic E-state index is -0.623. The largest absolute Gasteiger partial charge is 0.466 e. The normalized spacial score (nSPS) is 17.0. The number of carbonyl (C=O) groups excluding carboxylic acids is 2. The molecule has 23 heavy (non-hydrogen) atoms. The minimum absolute atomic E-state index is 0.0345. The van der Waals surface area contributed by atoms with Gasteiger partial charge in [-0.15, -0.1) is 0 Å². The van der Waals surface area contributed by atoms with Crippen LogP contribution in [0.1, 0.15) is 25.3 Å². The lowest BCUT2D eigenvalue weighted by Gasteiger charge is -2.16. The maximum Gasteiger partial charge on any atom is 0.306 e. The number of nitro groups is 1. The number of nitro benzene ring substituents is 1. The molecule has 2 rings (SSSR count). The molecule has 120 valence electrons. The first-order chi connectivity index (χ1) is 11.0. The maximum atomic E-state index is 12.4. The fraction of sp³-hybridized carbons (Fsp3) is 0.400. The van der Waals surface area contributed by atoms with Crippen molar-refractivity contribution in [2.75, 3.05) is 18.1 Å². The Balaban J connectivity index is 2.24. The van der Waals surface area contributed by atoms with Gasteiger partial charge in [0.15, 0.2) is 0 Å². The van der Waals surface area contributed by atoms with Crippen LogP contribution in [0.3, 0.4) is 0 Å². The third-order valence-corrected chi connectivity index (χ3v) is 3.63. The molecule has 0 bridgehead atoms. The lowest BCUT2D eigenvalue weighted by molar-refractivity contribution is -0.384. The Morgan fingerprint density at radius 1 is 1.57 bits per heavy atom. The van der Waals surface area contributed by atoms with E-state index < -0.39 is 16.8 Å². The first kappa shape index (κ1) is 16.4. The average molecular weight is 317 g/mol. The second-order valence-electron chi connectivity index (χ2n) is 5.06. The SMILES string of the molecule is CCOC(=O)CC1CCN(c2ccc(C#N)cc2[N+](=O)[O-])C1=O. The number of benzene rings is 1. The van der Waals surface area contributed by atoms with Gasteiger partial charge in [0.1, 0.15) is 5.69 Å². The fourth-order valence-corrected chi connectivity index (χ4v) is 2.56. The molecule has 1 amide bonds. The van der Waals surface area contributed by atoms with Gasteiger partial charge in [0.05, 0.1) is 35.5 Å². The summed E-state index contributed by atoms with van der Waals surface area (Å²) in [5, 5.41) is 20.0. The first-order valence-corrected chi connectivity index (χ1v) is 7.13. The van der Waals surface area contributed by atoms with Crippen molar-refractivity contribution in [3.05, 3.63) is 33.9 Å². The number of hydrogen-bond acceptors (Lipinski definition) is 6. The van der Waals surface area contributed by atoms with Crippen LogP contribution in [-0.4, -0.2) is 30.0 Å². The lowest BCUT2D eigenvalue weighted by atomic mass is 10.0. The van der Waals surface area contributed by atoms with Crippen LogP contribution in [0.5, 0.6) is 0 Å². The summed E-state index contributed by atoms with van der Waals surface area (Å²) in [5.41, 5.74) is -0.00490. The highest BCUT2D eigenvalue weighted by Gasteiger charge is 2.37. The van der Waals surface area contributed by atoms with Crippen LogP contribution in [0.15, 0.2) is 18.2 Å². The molecule has 1 atom stereocenters. The van der Waals surface area contributed by atoms with Gasteiger partial charge in [0.2, 0.25) is 5.91 Å². The van der Waals surface area contributed by atoms with E-state index in [2.05, 4.69) is 0 Å². The molecule has 0 aliphatic carbocycles. The van der Waals surface area contributed by atoms with Crippen molar-refractivity contribution in [1.29, 1.82) is 5.26 Å². The van der Waals surface area contributed by atoms with Crippen molar-refractivity contribution < 1.29 is 19.2 Å². The Morgan fingerprint density at radius 2 is 2.30 bits per heavy atom. The van der Waals surface area contributed by atoms with Crippen molar-refractivity contribution in [2.45, 2.75) is 19.8 Å². The Bertz CT molecular complexity index is 695. The van der Waals surface area contributed by atoms with Gasteiger partial charge in [-0.25, -0.2) is 0 Å². The topological polar surface area (TPSA) is 114 Å². The predicted molar refractivity (Wildman–Crippen MR) is 79.5 cm³/mol. The molecule has 1 aromatic rings. The quantitative estimate of drug-likeness (QED) is 0.464. The van der Waals surface area contributed by atoms with E-state index in [9.17, 15) is 19.7 Å². The Labute approximate surface area is 132 Å². The average Bonchev–Trinajstić information content (AvgIpc) is 2.87. The number of ether oxygens (including phenoxy) is 1. The second kappa shape index (κ2) is 6.87. The summed E-state index contributed by atoms with van der Waals surface area (Å²) in [7, 11) is 0. The summed E-state index contributed by atoms with van der Waals surface area (Å²) in [6.45, 7) is 2.21. The third kappa shape index (κ3) is 3.45. The highest BCUT2D eigenvalue weighted by molar-refractivity contribution is 6.00. The molecule has 1 aliphatic rings. The third-order valence-electron chi connectivity index (χ3n) is 3.63. The summed E-state index contributed by atoms with van der Waals surface area (Å²) in [5.74, 6) is -1.34. The zero-order valence-corrected chi connectivity index (χ0v) is 12.5. The summed E-state index contributed by atoms with van der Waals surface area (Å²) < 4.78 is 4.83. The van der Waals surface area contributed by atoms with E-state index in [4.69, 9.17) is 10.00 Å². The van der Waals surface area contributed by atoms with Crippen molar-refractivity contribution >= 4 is 23.3 Å². The number of amides is 1. The number of nitriles is 1. The number of anilines is 1. The Kier molecular flexibility index (Phi) is 4.91. The van der Waals surface area contributed by atoms with E-state index in [1.807, 2.05) is 6.07 Å². The summed E-state index contributed by atoms with van der Waals surface area (Å²) >= 11 is 0. The van der Waals surface area contributed by atoms with Crippen LogP contribution in [0.25, 0.3) is 0 Å². The van der Waals surface area contributed by atoms with Gasteiger partial charge in [0, 0.05) is 12.6 Å². The summed E-state index contributed by atoms with van der Waals surface area (Å²) in [6, 6.07) is 5.79. The number of rotatable bonds is 5. The number of nitrogens with zero attached hydrogens (tertiary/aromatic N) is 3. The number of carbonyl (C=O) groups is 2. The van der Waals surface area contributed by atoms with Gasteiger partial charge >= 0.3 is 5.97 Å². The van der Waals surface area contributed by atoms with Crippen molar-refractivity contribution in [3.63, 3.8) is 0 Å². The molecular weight excluding hydrogens is 302 g/mol. The van der Waals surface area contributed by atoms with Crippen LogP contribution < -0.4 is 4.90 Å². The molecule has 0 radical (unpaired) electrons. The van der Waals surface area contributed by atoms with Crippen molar-refractivity contribution in [2.24, 2.45) is 5.92 Å². The molecule has 8 nitrogen and oxygen atoms in total. The van der Waals surface area contributed by atoms with Crippen LogP contribution in [-0.2, 0) is 14.3 Å². The van der Waals surface area contributed by atoms with Crippen LogP contribution >= 0.6 is 0 Å². The molecule has 0 spiro atoms. The monoisotopic (exact) mass is 317 g/mol. The number of esters is 1. The molecule has 0 N–H and O–H groups in total. The Hall–Kier alpha value is -2.95. The molecule has 8 heteroatoms.